The van der Waals surface area contributed by atoms with Gasteiger partial charge in [0.2, 0.25) is 0 Å². The number of halogens is 1. The van der Waals surface area contributed by atoms with Crippen molar-refractivity contribution in [2.75, 3.05) is 5.32 Å². The maximum atomic E-state index is 9.60. The lowest BCUT2D eigenvalue weighted by atomic mass is 10.1. The minimum Gasteiger partial charge on any atom is -0.508 e. The summed E-state index contributed by atoms with van der Waals surface area (Å²) in [5, 5.41) is 13.7. The molecule has 0 fully saturated rings. The van der Waals surface area contributed by atoms with Gasteiger partial charge in [0.05, 0.1) is 0 Å². The van der Waals surface area contributed by atoms with E-state index in [9.17, 15) is 5.11 Å². The van der Waals surface area contributed by atoms with Crippen LogP contribution < -0.4 is 5.32 Å². The van der Waals surface area contributed by atoms with Crippen LogP contribution in [0.2, 0.25) is 5.02 Å². The van der Waals surface area contributed by atoms with Gasteiger partial charge in [-0.3, -0.25) is 0 Å². The van der Waals surface area contributed by atoms with Gasteiger partial charge in [0.15, 0.2) is 0 Å². The Morgan fingerprint density at radius 3 is 2.61 bits per heavy atom. The molecule has 0 aliphatic heterocycles. The number of anilines is 1. The van der Waals surface area contributed by atoms with E-state index in [1.807, 2.05) is 44.2 Å². The summed E-state index contributed by atoms with van der Waals surface area (Å²) in [4.78, 5) is 0. The van der Waals surface area contributed by atoms with Gasteiger partial charge >= 0.3 is 0 Å². The summed E-state index contributed by atoms with van der Waals surface area (Å²) in [6.45, 7) is 4.57. The molecule has 0 heterocycles. The molecule has 2 aromatic carbocycles. The van der Waals surface area contributed by atoms with Crippen molar-refractivity contribution in [1.82, 2.24) is 0 Å². The van der Waals surface area contributed by atoms with Crippen LogP contribution in [0.15, 0.2) is 36.4 Å². The van der Waals surface area contributed by atoms with Crippen molar-refractivity contribution in [3.63, 3.8) is 0 Å². The zero-order valence-corrected chi connectivity index (χ0v) is 11.3. The van der Waals surface area contributed by atoms with Gasteiger partial charge in [-0.05, 0) is 54.8 Å². The highest BCUT2D eigenvalue weighted by Gasteiger charge is 2.03. The third kappa shape index (κ3) is 2.96. The maximum absolute atomic E-state index is 9.60. The first-order chi connectivity index (χ1) is 8.56. The van der Waals surface area contributed by atoms with Gasteiger partial charge in [-0.1, -0.05) is 23.7 Å². The topological polar surface area (TPSA) is 32.3 Å². The predicted octanol–water partition coefficient (Wildman–Crippen LogP) is 4.27. The number of aromatic hydroxyl groups is 1. The first-order valence-corrected chi connectivity index (χ1v) is 6.22. The minimum atomic E-state index is 0.334. The number of phenolic OH excluding ortho intramolecular Hbond substituents is 1. The summed E-state index contributed by atoms with van der Waals surface area (Å²) >= 11 is 5.94. The van der Waals surface area contributed by atoms with Gasteiger partial charge < -0.3 is 10.4 Å². The number of hydrogen-bond acceptors (Lipinski definition) is 2. The van der Waals surface area contributed by atoms with E-state index < -0.39 is 0 Å². The Morgan fingerprint density at radius 1 is 1.11 bits per heavy atom. The zero-order chi connectivity index (χ0) is 13.1. The van der Waals surface area contributed by atoms with Crippen LogP contribution in [0.1, 0.15) is 16.7 Å². The normalized spacial score (nSPS) is 10.4. The Bertz CT molecular complexity index is 566. The van der Waals surface area contributed by atoms with Crippen LogP contribution >= 0.6 is 11.6 Å². The highest BCUT2D eigenvalue weighted by molar-refractivity contribution is 6.30. The average Bonchev–Trinajstić information content (AvgIpc) is 2.32. The van der Waals surface area contributed by atoms with Crippen LogP contribution in [0.5, 0.6) is 5.75 Å². The fourth-order valence-corrected chi connectivity index (χ4v) is 2.05. The van der Waals surface area contributed by atoms with E-state index in [-0.39, 0.29) is 0 Å². The second kappa shape index (κ2) is 5.32. The summed E-state index contributed by atoms with van der Waals surface area (Å²) in [5.41, 5.74) is 4.06. The molecule has 0 atom stereocenters. The Labute approximate surface area is 112 Å². The van der Waals surface area contributed by atoms with Crippen molar-refractivity contribution in [3.05, 3.63) is 58.1 Å². The van der Waals surface area contributed by atoms with E-state index in [4.69, 9.17) is 11.6 Å². The number of aryl methyl sites for hydroxylation is 2. The second-order valence-corrected chi connectivity index (χ2v) is 4.87. The summed E-state index contributed by atoms with van der Waals surface area (Å²) in [7, 11) is 0. The molecule has 0 unspecified atom stereocenters. The van der Waals surface area contributed by atoms with Crippen molar-refractivity contribution in [2.45, 2.75) is 20.4 Å². The van der Waals surface area contributed by atoms with Crippen LogP contribution in [0, 0.1) is 13.8 Å². The molecule has 0 saturated carbocycles. The number of hydrogen-bond donors (Lipinski definition) is 2. The molecule has 0 spiro atoms. The summed E-state index contributed by atoms with van der Waals surface area (Å²) in [5.74, 6) is 0.334. The first-order valence-electron chi connectivity index (χ1n) is 5.85. The molecule has 0 amide bonds. The largest absolute Gasteiger partial charge is 0.508 e. The SMILES string of the molecule is Cc1cc(NCc2cccc(Cl)c2)c(C)cc1O. The average molecular weight is 262 g/mol. The van der Waals surface area contributed by atoms with Crippen LogP contribution in [0.3, 0.4) is 0 Å². The van der Waals surface area contributed by atoms with Crippen LogP contribution in [-0.2, 0) is 6.54 Å². The Hall–Kier alpha value is -1.67. The molecule has 0 saturated heterocycles. The molecular formula is C15H16ClNO. The molecule has 3 heteroatoms. The summed E-state index contributed by atoms with van der Waals surface area (Å²) < 4.78 is 0. The van der Waals surface area contributed by atoms with Crippen molar-refractivity contribution in [1.29, 1.82) is 0 Å². The summed E-state index contributed by atoms with van der Waals surface area (Å²) in [6, 6.07) is 11.5. The highest BCUT2D eigenvalue weighted by Crippen LogP contribution is 2.25. The molecule has 2 nitrogen and oxygen atoms in total. The second-order valence-electron chi connectivity index (χ2n) is 4.44. The zero-order valence-electron chi connectivity index (χ0n) is 10.5. The minimum absolute atomic E-state index is 0.334. The third-order valence-corrected chi connectivity index (χ3v) is 3.15. The number of rotatable bonds is 3. The fraction of sp³-hybridized carbons (Fsp3) is 0.200. The van der Waals surface area contributed by atoms with Crippen molar-refractivity contribution in [3.8, 4) is 5.75 Å². The fourth-order valence-electron chi connectivity index (χ4n) is 1.84. The van der Waals surface area contributed by atoms with Crippen LogP contribution in [0.4, 0.5) is 5.69 Å². The number of benzene rings is 2. The maximum Gasteiger partial charge on any atom is 0.118 e. The molecule has 2 aromatic rings. The first kappa shape index (κ1) is 12.8. The smallest absolute Gasteiger partial charge is 0.118 e. The van der Waals surface area contributed by atoms with Gasteiger partial charge in [0, 0.05) is 17.3 Å². The molecule has 18 heavy (non-hydrogen) atoms. The van der Waals surface area contributed by atoms with Gasteiger partial charge in [0.1, 0.15) is 5.75 Å². The lowest BCUT2D eigenvalue weighted by Gasteiger charge is -2.12. The molecule has 2 N–H and O–H groups in total. The number of nitrogens with one attached hydrogen (secondary N) is 1. The van der Waals surface area contributed by atoms with Crippen molar-refractivity contribution in [2.24, 2.45) is 0 Å². The molecule has 0 radical (unpaired) electrons. The number of phenols is 1. The van der Waals surface area contributed by atoms with Gasteiger partial charge in [-0.15, -0.1) is 0 Å². The van der Waals surface area contributed by atoms with Gasteiger partial charge in [0.25, 0.3) is 0 Å². The molecule has 0 bridgehead atoms. The molecule has 94 valence electrons. The Kier molecular flexibility index (Phi) is 3.78. The van der Waals surface area contributed by atoms with Crippen LogP contribution in [-0.4, -0.2) is 5.11 Å². The lowest BCUT2D eigenvalue weighted by Crippen LogP contribution is -2.01. The molecule has 0 aliphatic rings. The van der Waals surface area contributed by atoms with Crippen molar-refractivity contribution < 1.29 is 5.11 Å². The van der Waals surface area contributed by atoms with Crippen LogP contribution in [0.25, 0.3) is 0 Å². The van der Waals surface area contributed by atoms with E-state index in [1.54, 1.807) is 6.07 Å². The van der Waals surface area contributed by atoms with Gasteiger partial charge in [-0.2, -0.15) is 0 Å². The molecule has 0 aromatic heterocycles. The van der Waals surface area contributed by atoms with Crippen molar-refractivity contribution >= 4 is 17.3 Å². The quantitative estimate of drug-likeness (QED) is 0.809. The molecule has 2 rings (SSSR count). The highest BCUT2D eigenvalue weighted by atomic mass is 35.5. The standard InChI is InChI=1S/C15H16ClNO/c1-10-7-15(18)11(2)6-14(10)17-9-12-4-3-5-13(16)8-12/h3-8,17-18H,9H2,1-2H3. The third-order valence-electron chi connectivity index (χ3n) is 2.91. The molecule has 0 aliphatic carbocycles. The Balaban J connectivity index is 2.13. The summed E-state index contributed by atoms with van der Waals surface area (Å²) in [6.07, 6.45) is 0. The van der Waals surface area contributed by atoms with E-state index >= 15 is 0 Å². The van der Waals surface area contributed by atoms with E-state index in [0.717, 1.165) is 27.4 Å². The van der Waals surface area contributed by atoms with Gasteiger partial charge in [-0.25, -0.2) is 0 Å². The van der Waals surface area contributed by atoms with E-state index in [2.05, 4.69) is 5.32 Å². The molecular weight excluding hydrogens is 246 g/mol. The predicted molar refractivity (Wildman–Crippen MR) is 76.4 cm³/mol. The van der Waals surface area contributed by atoms with E-state index in [1.165, 1.54) is 0 Å². The monoisotopic (exact) mass is 261 g/mol. The lowest BCUT2D eigenvalue weighted by molar-refractivity contribution is 0.471. The Morgan fingerprint density at radius 2 is 1.89 bits per heavy atom. The van der Waals surface area contributed by atoms with E-state index in [0.29, 0.717) is 12.3 Å².